The molecule has 0 atom stereocenters. The van der Waals surface area contributed by atoms with Gasteiger partial charge in [-0.15, -0.1) is 17.1 Å². The van der Waals surface area contributed by atoms with Crippen LogP contribution in [0.15, 0.2) is 72.8 Å². The molecular weight excluding hydrogens is 951 g/mol. The monoisotopic (exact) mass is 1030 g/mol. The van der Waals surface area contributed by atoms with Crippen LogP contribution in [0.25, 0.3) is 16.0 Å². The van der Waals surface area contributed by atoms with E-state index >= 15 is 0 Å². The number of benzene rings is 3. The molecule has 6 nitrogen and oxygen atoms in total. The second kappa shape index (κ2) is 26.0. The smallest absolute Gasteiger partial charge is 0.0607 e. The minimum absolute atomic E-state index is 0. The average molecular weight is 1030 g/mol. The van der Waals surface area contributed by atoms with Gasteiger partial charge in [-0.1, -0.05) is 54.6 Å². The summed E-state index contributed by atoms with van der Waals surface area (Å²) in [5.74, 6) is 0. The fourth-order valence-electron chi connectivity index (χ4n) is 8.00. The Morgan fingerprint density at radius 2 is 0.589 bits per heavy atom. The molecule has 1 aliphatic rings. The molecule has 325 valence electrons. The van der Waals surface area contributed by atoms with Gasteiger partial charge in [0.25, 0.3) is 0 Å². The molecule has 1 radical (unpaired) electrons. The van der Waals surface area contributed by atoms with E-state index in [9.17, 15) is 0 Å². The fraction of sp³-hybridized carbons (Fsp3) is 0.600. The largest absolute Gasteiger partial charge is 0.651 e. The number of anilines is 3. The maximum absolute atomic E-state index is 5.37. The SMILES string of the molecule is CC(C)[PH+](C[N-]c1ccccc1N1CCN(c2ccccc2[N-]C[PH+](C(C)C)C(C)C)CCN(c2ccccc2[N-]C[PH+](C(C)C)C(C)C)CC1)C(C)C.[Lu].[Ni]. The molecule has 0 bridgehead atoms. The first-order valence-electron chi connectivity index (χ1n) is 20.9. The maximum atomic E-state index is 5.37. The molecule has 0 aromatic heterocycles. The van der Waals surface area contributed by atoms with Gasteiger partial charge >= 0.3 is 0 Å². The molecule has 3 aromatic rings. The minimum Gasteiger partial charge on any atom is -0.651 e. The second-order valence-corrected chi connectivity index (χ2v) is 28.4. The Hall–Kier alpha value is -0.523. The Labute approximate surface area is 386 Å². The van der Waals surface area contributed by atoms with Crippen LogP contribution in [0.3, 0.4) is 0 Å². The quantitative estimate of drug-likeness (QED) is 0.0942. The summed E-state index contributed by atoms with van der Waals surface area (Å²) in [6, 6.07) is 26.7. The zero-order valence-corrected chi connectivity index (χ0v) is 42.2. The van der Waals surface area contributed by atoms with Crippen molar-refractivity contribution in [3.05, 3.63) is 88.7 Å². The van der Waals surface area contributed by atoms with Crippen LogP contribution in [0.4, 0.5) is 34.1 Å². The topological polar surface area (TPSA) is 52.0 Å². The molecule has 1 saturated heterocycles. The Bertz CT molecular complexity index is 1330. The van der Waals surface area contributed by atoms with Crippen LogP contribution in [-0.4, -0.2) is 92.1 Å². The van der Waals surface area contributed by atoms with Crippen molar-refractivity contribution in [3.63, 3.8) is 0 Å². The molecule has 0 saturated carbocycles. The van der Waals surface area contributed by atoms with Gasteiger partial charge in [0.15, 0.2) is 0 Å². The van der Waals surface area contributed by atoms with Gasteiger partial charge < -0.3 is 30.7 Å². The molecule has 0 spiro atoms. The molecule has 0 unspecified atom stereocenters. The van der Waals surface area contributed by atoms with Crippen molar-refractivity contribution in [3.8, 4) is 0 Å². The van der Waals surface area contributed by atoms with Crippen molar-refractivity contribution in [1.82, 2.24) is 0 Å². The van der Waals surface area contributed by atoms with Crippen LogP contribution in [-0.2, 0) is 16.5 Å². The van der Waals surface area contributed by atoms with E-state index in [-0.39, 0.29) is 53.4 Å². The van der Waals surface area contributed by atoms with Crippen molar-refractivity contribution in [1.29, 1.82) is 0 Å². The van der Waals surface area contributed by atoms with Gasteiger partial charge in [0.2, 0.25) is 0 Å². The van der Waals surface area contributed by atoms with Crippen LogP contribution < -0.4 is 14.7 Å². The predicted octanol–water partition coefficient (Wildman–Crippen LogP) is 13.5. The minimum atomic E-state index is -0.603. The van der Waals surface area contributed by atoms with Crippen molar-refractivity contribution in [2.75, 3.05) is 72.8 Å². The third kappa shape index (κ3) is 15.2. The number of hydrogen-bond donors (Lipinski definition) is 0. The standard InChI is InChI=1S/C45H72N6P3.Lu.Ni/c1-34(2)52(35(3)4)31-46-40-19-13-16-22-43(40)49-25-27-50(44-23-17-14-20-41(44)47-32-53(36(5)6)37(7)8)29-30-51(28-26-49)45-24-18-15-21-42(45)48-33-54(38(9)10)39(11)12;;/h13-24,34-39H,25-33H2,1-12H3;;/q-3;;/p+3. The summed E-state index contributed by atoms with van der Waals surface area (Å²) < 4.78 is 0. The molecule has 0 aliphatic carbocycles. The van der Waals surface area contributed by atoms with Crippen LogP contribution in [0, 0.1) is 36.9 Å². The van der Waals surface area contributed by atoms with Crippen molar-refractivity contribution in [2.45, 2.75) is 117 Å². The molecule has 0 N–H and O–H groups in total. The van der Waals surface area contributed by atoms with Crippen molar-refractivity contribution in [2.24, 2.45) is 0 Å². The summed E-state index contributed by atoms with van der Waals surface area (Å²) in [7, 11) is -1.81. The van der Waals surface area contributed by atoms with E-state index in [4.69, 9.17) is 16.0 Å². The summed E-state index contributed by atoms with van der Waals surface area (Å²) in [6.45, 7) is 34.2. The summed E-state index contributed by atoms with van der Waals surface area (Å²) in [5, 5.41) is 16.1. The fourth-order valence-corrected chi connectivity index (χ4v) is 15.3. The van der Waals surface area contributed by atoms with Crippen LogP contribution in [0.2, 0.25) is 0 Å². The Balaban J connectivity index is 0.00000541. The summed E-state index contributed by atoms with van der Waals surface area (Å²) in [5.41, 5.74) is 11.4. The van der Waals surface area contributed by atoms with E-state index in [0.717, 1.165) is 75.2 Å². The molecular formula is C45H75LuN6NiP3. The zero-order valence-electron chi connectivity index (χ0n) is 36.5. The van der Waals surface area contributed by atoms with E-state index in [1.54, 1.807) is 0 Å². The van der Waals surface area contributed by atoms with E-state index in [1.807, 2.05) is 0 Å². The van der Waals surface area contributed by atoms with Gasteiger partial charge in [0.05, 0.1) is 34.0 Å². The first-order chi connectivity index (χ1) is 25.8. The Morgan fingerprint density at radius 3 is 0.786 bits per heavy atom. The molecule has 4 rings (SSSR count). The summed E-state index contributed by atoms with van der Waals surface area (Å²) >= 11 is 0. The molecule has 3 aromatic carbocycles. The van der Waals surface area contributed by atoms with Gasteiger partial charge in [0.1, 0.15) is 0 Å². The van der Waals surface area contributed by atoms with Crippen LogP contribution in [0.5, 0.6) is 0 Å². The Morgan fingerprint density at radius 1 is 0.393 bits per heavy atom. The number of para-hydroxylation sites is 6. The van der Waals surface area contributed by atoms with Gasteiger partial charge in [0, 0.05) is 110 Å². The van der Waals surface area contributed by atoms with Crippen molar-refractivity contribution < 1.29 is 53.4 Å². The number of hydrogen-bond acceptors (Lipinski definition) is 3. The van der Waals surface area contributed by atoms with Gasteiger partial charge in [-0.25, -0.2) is 0 Å². The zero-order chi connectivity index (χ0) is 39.4. The van der Waals surface area contributed by atoms with Crippen LogP contribution in [0.1, 0.15) is 83.1 Å². The predicted molar refractivity (Wildman–Crippen MR) is 255 cm³/mol. The van der Waals surface area contributed by atoms with E-state index in [0.29, 0.717) is 34.0 Å². The third-order valence-electron chi connectivity index (χ3n) is 11.3. The van der Waals surface area contributed by atoms with Gasteiger partial charge in [-0.05, 0) is 144 Å². The van der Waals surface area contributed by atoms with Crippen LogP contribution >= 0.6 is 23.8 Å². The number of rotatable bonds is 18. The Kier molecular flexibility index (Phi) is 23.9. The van der Waals surface area contributed by atoms with E-state index in [2.05, 4.69) is 171 Å². The molecule has 56 heavy (non-hydrogen) atoms. The maximum Gasteiger partial charge on any atom is 0.0607 e. The summed E-state index contributed by atoms with van der Waals surface area (Å²) in [6.07, 6.45) is 2.87. The third-order valence-corrected chi connectivity index (χ3v) is 21.8. The van der Waals surface area contributed by atoms with Crippen molar-refractivity contribution >= 4 is 57.9 Å². The van der Waals surface area contributed by atoms with Gasteiger partial charge in [-0.2, -0.15) is 0 Å². The van der Waals surface area contributed by atoms with E-state index < -0.39 is 23.8 Å². The molecule has 11 heteroatoms. The molecule has 0 amide bonds. The first kappa shape index (κ1) is 51.6. The molecule has 1 aliphatic heterocycles. The molecule has 1 fully saturated rings. The molecule has 1 heterocycles. The summed E-state index contributed by atoms with van der Waals surface area (Å²) in [4.78, 5) is 7.83. The number of nitrogens with zero attached hydrogens (tertiary/aromatic N) is 6. The average Bonchev–Trinajstić information content (AvgIpc) is 3.22. The van der Waals surface area contributed by atoms with Gasteiger partial charge in [-0.3, -0.25) is 0 Å². The normalized spacial score (nSPS) is 14.2. The second-order valence-electron chi connectivity index (χ2n) is 17.0. The van der Waals surface area contributed by atoms with E-state index in [1.165, 1.54) is 17.1 Å². The first-order valence-corrected chi connectivity index (χ1v) is 26.5.